The van der Waals surface area contributed by atoms with Gasteiger partial charge in [0.15, 0.2) is 0 Å². The third-order valence-electron chi connectivity index (χ3n) is 4.42. The van der Waals surface area contributed by atoms with Crippen molar-refractivity contribution in [1.29, 1.82) is 0 Å². The molecular formula is C15H17NO2. The lowest BCUT2D eigenvalue weighted by Gasteiger charge is -2.40. The Balaban J connectivity index is 2.18. The minimum Gasteiger partial charge on any atom is -0.508 e. The molecule has 18 heavy (non-hydrogen) atoms. The van der Waals surface area contributed by atoms with Crippen LogP contribution in [0.25, 0.3) is 0 Å². The van der Waals surface area contributed by atoms with Gasteiger partial charge < -0.3 is 5.11 Å². The fraction of sp³-hybridized carbons (Fsp3) is 0.533. The van der Waals surface area contributed by atoms with Gasteiger partial charge in [0.2, 0.25) is 6.08 Å². The van der Waals surface area contributed by atoms with Crippen LogP contribution in [-0.4, -0.2) is 11.2 Å². The molecule has 1 N–H and O–H groups in total. The van der Waals surface area contributed by atoms with Crippen molar-refractivity contribution in [1.82, 2.24) is 0 Å². The van der Waals surface area contributed by atoms with Crippen LogP contribution >= 0.6 is 0 Å². The number of carbonyl (C=O) groups excluding carboxylic acids is 1. The van der Waals surface area contributed by atoms with Gasteiger partial charge in [0.1, 0.15) is 11.3 Å². The molecule has 3 heteroatoms. The normalized spacial score (nSPS) is 20.4. The molecule has 2 aliphatic carbocycles. The predicted molar refractivity (Wildman–Crippen MR) is 68.4 cm³/mol. The van der Waals surface area contributed by atoms with Crippen molar-refractivity contribution in [2.24, 2.45) is 4.99 Å². The Bertz CT molecular complexity index is 526. The van der Waals surface area contributed by atoms with E-state index >= 15 is 0 Å². The van der Waals surface area contributed by atoms with Crippen LogP contribution in [0.15, 0.2) is 17.1 Å². The maximum Gasteiger partial charge on any atom is 0.235 e. The second-order valence-corrected chi connectivity index (χ2v) is 5.39. The Morgan fingerprint density at radius 2 is 1.94 bits per heavy atom. The number of benzene rings is 1. The van der Waals surface area contributed by atoms with Crippen LogP contribution in [0.3, 0.4) is 0 Å². The van der Waals surface area contributed by atoms with Crippen molar-refractivity contribution in [3.63, 3.8) is 0 Å². The number of aliphatic imine (C=N–C) groups is 1. The monoisotopic (exact) mass is 243 g/mol. The van der Waals surface area contributed by atoms with Gasteiger partial charge >= 0.3 is 0 Å². The number of fused-ring (bicyclic) bond motifs is 1. The fourth-order valence-electron chi connectivity index (χ4n) is 3.35. The molecular weight excluding hydrogens is 226 g/mol. The lowest BCUT2D eigenvalue weighted by atomic mass is 9.68. The third-order valence-corrected chi connectivity index (χ3v) is 4.42. The third kappa shape index (κ3) is 1.58. The molecule has 0 unspecified atom stereocenters. The van der Waals surface area contributed by atoms with Gasteiger partial charge in [0, 0.05) is 5.56 Å². The molecule has 1 saturated carbocycles. The highest BCUT2D eigenvalue weighted by molar-refractivity contribution is 5.52. The van der Waals surface area contributed by atoms with E-state index in [2.05, 4.69) is 4.99 Å². The van der Waals surface area contributed by atoms with Gasteiger partial charge in [0.05, 0.1) is 0 Å². The summed E-state index contributed by atoms with van der Waals surface area (Å²) in [6.45, 7) is 0. The summed E-state index contributed by atoms with van der Waals surface area (Å²) in [5.41, 5.74) is 2.99. The van der Waals surface area contributed by atoms with Gasteiger partial charge in [-0.2, -0.15) is 4.99 Å². The average molecular weight is 243 g/mol. The van der Waals surface area contributed by atoms with Crippen molar-refractivity contribution in [3.05, 3.63) is 28.8 Å². The van der Waals surface area contributed by atoms with Crippen molar-refractivity contribution in [2.75, 3.05) is 0 Å². The summed E-state index contributed by atoms with van der Waals surface area (Å²) < 4.78 is 0. The number of hydrogen-bond donors (Lipinski definition) is 1. The SMILES string of the molecule is O=C=NC1(c2c(O)ccc3c2CCCC3)CCC1. The molecule has 0 aromatic heterocycles. The first-order valence-corrected chi connectivity index (χ1v) is 6.70. The van der Waals surface area contributed by atoms with E-state index in [1.807, 2.05) is 6.07 Å². The van der Waals surface area contributed by atoms with Crippen LogP contribution in [0.4, 0.5) is 0 Å². The zero-order chi connectivity index (χ0) is 12.6. The van der Waals surface area contributed by atoms with Crippen LogP contribution in [0.2, 0.25) is 0 Å². The van der Waals surface area contributed by atoms with Crippen LogP contribution in [0, 0.1) is 0 Å². The van der Waals surface area contributed by atoms with Crippen molar-refractivity contribution in [2.45, 2.75) is 50.5 Å². The molecule has 0 saturated heterocycles. The molecule has 94 valence electrons. The van der Waals surface area contributed by atoms with Crippen LogP contribution in [0.5, 0.6) is 5.75 Å². The van der Waals surface area contributed by atoms with E-state index in [1.165, 1.54) is 17.5 Å². The Hall–Kier alpha value is -1.60. The van der Waals surface area contributed by atoms with E-state index in [-0.39, 0.29) is 0 Å². The quantitative estimate of drug-likeness (QED) is 0.641. The molecule has 1 aromatic carbocycles. The maximum atomic E-state index is 10.7. The Morgan fingerprint density at radius 1 is 1.17 bits per heavy atom. The van der Waals surface area contributed by atoms with Crippen LogP contribution in [0.1, 0.15) is 48.8 Å². The van der Waals surface area contributed by atoms with Crippen molar-refractivity contribution < 1.29 is 9.90 Å². The van der Waals surface area contributed by atoms with Gasteiger partial charge in [-0.1, -0.05) is 6.07 Å². The summed E-state index contributed by atoms with van der Waals surface area (Å²) in [4.78, 5) is 14.7. The molecule has 0 radical (unpaired) electrons. The zero-order valence-electron chi connectivity index (χ0n) is 10.4. The van der Waals surface area contributed by atoms with E-state index in [1.54, 1.807) is 12.1 Å². The number of hydrogen-bond acceptors (Lipinski definition) is 3. The van der Waals surface area contributed by atoms with Gasteiger partial charge in [0.25, 0.3) is 0 Å². The summed E-state index contributed by atoms with van der Waals surface area (Å²) in [6, 6.07) is 3.78. The minimum atomic E-state index is -0.478. The molecule has 0 atom stereocenters. The maximum absolute atomic E-state index is 10.7. The summed E-state index contributed by atoms with van der Waals surface area (Å²) in [6.07, 6.45) is 8.91. The van der Waals surface area contributed by atoms with E-state index < -0.39 is 5.54 Å². The fourth-order valence-corrected chi connectivity index (χ4v) is 3.35. The highest BCUT2D eigenvalue weighted by Gasteiger charge is 2.43. The number of aromatic hydroxyl groups is 1. The summed E-state index contributed by atoms with van der Waals surface area (Å²) in [5, 5.41) is 10.2. The number of aryl methyl sites for hydroxylation is 1. The summed E-state index contributed by atoms with van der Waals surface area (Å²) in [5.74, 6) is 0.300. The molecule has 3 nitrogen and oxygen atoms in total. The lowest BCUT2D eigenvalue weighted by molar-refractivity contribution is 0.245. The molecule has 1 fully saturated rings. The number of nitrogens with zero attached hydrogens (tertiary/aromatic N) is 1. The minimum absolute atomic E-state index is 0.300. The molecule has 0 heterocycles. The van der Waals surface area contributed by atoms with Gasteiger partial charge in [-0.25, -0.2) is 4.79 Å². The standard InChI is InChI=1S/C15H17NO2/c17-10-16-15(8-3-9-15)14-12-5-2-1-4-11(12)6-7-13(14)18/h6-7,18H,1-5,8-9H2. The number of rotatable bonds is 2. The molecule has 0 bridgehead atoms. The highest BCUT2D eigenvalue weighted by atomic mass is 16.3. The smallest absolute Gasteiger partial charge is 0.235 e. The molecule has 1 aromatic rings. The Labute approximate surface area is 107 Å². The lowest BCUT2D eigenvalue weighted by Crippen LogP contribution is -2.34. The second-order valence-electron chi connectivity index (χ2n) is 5.39. The van der Waals surface area contributed by atoms with Gasteiger partial charge in [-0.3, -0.25) is 0 Å². The molecule has 2 aliphatic rings. The Morgan fingerprint density at radius 3 is 2.61 bits per heavy atom. The summed E-state index contributed by atoms with van der Waals surface area (Å²) >= 11 is 0. The van der Waals surface area contributed by atoms with E-state index in [0.29, 0.717) is 5.75 Å². The first-order chi connectivity index (χ1) is 8.77. The summed E-state index contributed by atoms with van der Waals surface area (Å²) in [7, 11) is 0. The molecule has 0 amide bonds. The number of isocyanates is 1. The number of phenols is 1. The molecule has 3 rings (SSSR count). The largest absolute Gasteiger partial charge is 0.508 e. The van der Waals surface area contributed by atoms with Crippen molar-refractivity contribution >= 4 is 6.08 Å². The van der Waals surface area contributed by atoms with Crippen LogP contribution in [-0.2, 0) is 23.2 Å². The van der Waals surface area contributed by atoms with Gasteiger partial charge in [-0.05, 0) is 62.1 Å². The van der Waals surface area contributed by atoms with Crippen LogP contribution < -0.4 is 0 Å². The topological polar surface area (TPSA) is 49.7 Å². The van der Waals surface area contributed by atoms with E-state index in [0.717, 1.165) is 44.1 Å². The van der Waals surface area contributed by atoms with E-state index in [9.17, 15) is 9.90 Å². The number of phenolic OH excluding ortho intramolecular Hbond substituents is 1. The van der Waals surface area contributed by atoms with E-state index in [4.69, 9.17) is 0 Å². The Kier molecular flexibility index (Phi) is 2.71. The average Bonchev–Trinajstić information content (AvgIpc) is 2.35. The zero-order valence-corrected chi connectivity index (χ0v) is 10.4. The first kappa shape index (κ1) is 11.5. The first-order valence-electron chi connectivity index (χ1n) is 6.70. The highest BCUT2D eigenvalue weighted by Crippen LogP contribution is 2.50. The molecule has 0 aliphatic heterocycles. The second kappa shape index (κ2) is 4.25. The van der Waals surface area contributed by atoms with Crippen molar-refractivity contribution in [3.8, 4) is 5.75 Å². The predicted octanol–water partition coefficient (Wildman–Crippen LogP) is 2.99. The molecule has 0 spiro atoms. The van der Waals surface area contributed by atoms with Gasteiger partial charge in [-0.15, -0.1) is 0 Å².